The first-order valence-electron chi connectivity index (χ1n) is 6.23. The molecule has 0 aliphatic carbocycles. The Morgan fingerprint density at radius 2 is 2.05 bits per heavy atom. The van der Waals surface area contributed by atoms with Gasteiger partial charge >= 0.3 is 11.7 Å². The SMILES string of the molecule is CCC(C(=O)O)N(C)C(=O)COc1ccccc1[N+](=O)[O-]. The summed E-state index contributed by atoms with van der Waals surface area (Å²) in [6.07, 6.45) is 0.253. The van der Waals surface area contributed by atoms with Crippen molar-refractivity contribution in [3.63, 3.8) is 0 Å². The van der Waals surface area contributed by atoms with Gasteiger partial charge in [-0.1, -0.05) is 19.1 Å². The normalized spacial score (nSPS) is 11.5. The minimum Gasteiger partial charge on any atom is -0.480 e. The Labute approximate surface area is 121 Å². The summed E-state index contributed by atoms with van der Waals surface area (Å²) in [4.78, 5) is 34.1. The molecule has 8 nitrogen and oxygen atoms in total. The second kappa shape index (κ2) is 7.22. The molecule has 0 heterocycles. The highest BCUT2D eigenvalue weighted by Crippen LogP contribution is 2.25. The lowest BCUT2D eigenvalue weighted by Crippen LogP contribution is -2.44. The molecule has 1 unspecified atom stereocenters. The van der Waals surface area contributed by atoms with Gasteiger partial charge in [-0.2, -0.15) is 0 Å². The van der Waals surface area contributed by atoms with Crippen molar-refractivity contribution in [2.24, 2.45) is 0 Å². The van der Waals surface area contributed by atoms with Crippen LogP contribution in [0.3, 0.4) is 0 Å². The Hall–Kier alpha value is -2.64. The van der Waals surface area contributed by atoms with E-state index in [2.05, 4.69) is 0 Å². The lowest BCUT2D eigenvalue weighted by Gasteiger charge is -2.23. The molecule has 0 radical (unpaired) electrons. The molecular formula is C13H16N2O6. The second-order valence-corrected chi connectivity index (χ2v) is 4.28. The van der Waals surface area contributed by atoms with Crippen molar-refractivity contribution < 1.29 is 24.4 Å². The van der Waals surface area contributed by atoms with Crippen molar-refractivity contribution in [2.75, 3.05) is 13.7 Å². The van der Waals surface area contributed by atoms with Crippen LogP contribution >= 0.6 is 0 Å². The zero-order valence-corrected chi connectivity index (χ0v) is 11.7. The van der Waals surface area contributed by atoms with Crippen molar-refractivity contribution in [1.82, 2.24) is 4.90 Å². The van der Waals surface area contributed by atoms with Crippen molar-refractivity contribution in [3.05, 3.63) is 34.4 Å². The minimum absolute atomic E-state index is 0.0346. The smallest absolute Gasteiger partial charge is 0.326 e. The molecule has 0 aliphatic heterocycles. The summed E-state index contributed by atoms with van der Waals surface area (Å²) < 4.78 is 5.13. The van der Waals surface area contributed by atoms with Crippen LogP contribution in [0.5, 0.6) is 5.75 Å². The average molecular weight is 296 g/mol. The summed E-state index contributed by atoms with van der Waals surface area (Å²) >= 11 is 0. The number of carbonyl (C=O) groups is 2. The van der Waals surface area contributed by atoms with Gasteiger partial charge in [0.1, 0.15) is 6.04 Å². The Balaban J connectivity index is 2.73. The molecule has 0 spiro atoms. The monoisotopic (exact) mass is 296 g/mol. The number of para-hydroxylation sites is 2. The van der Waals surface area contributed by atoms with Crippen molar-refractivity contribution in [3.8, 4) is 5.75 Å². The molecule has 1 rings (SSSR count). The van der Waals surface area contributed by atoms with Crippen molar-refractivity contribution >= 4 is 17.6 Å². The number of nitrogens with zero attached hydrogens (tertiary/aromatic N) is 2. The molecule has 114 valence electrons. The van der Waals surface area contributed by atoms with Crippen LogP contribution in [0, 0.1) is 10.1 Å². The van der Waals surface area contributed by atoms with E-state index in [1.807, 2.05) is 0 Å². The maximum absolute atomic E-state index is 11.9. The number of benzene rings is 1. The molecule has 0 saturated heterocycles. The Kier molecular flexibility index (Phi) is 5.65. The quantitative estimate of drug-likeness (QED) is 0.599. The molecule has 1 aromatic rings. The number of carboxylic acid groups (broad SMARTS) is 1. The van der Waals surface area contributed by atoms with Gasteiger partial charge in [0.2, 0.25) is 0 Å². The fourth-order valence-corrected chi connectivity index (χ4v) is 1.76. The van der Waals surface area contributed by atoms with Gasteiger partial charge in [0, 0.05) is 13.1 Å². The molecular weight excluding hydrogens is 280 g/mol. The van der Waals surface area contributed by atoms with Gasteiger partial charge < -0.3 is 14.7 Å². The predicted octanol–water partition coefficient (Wildman–Crippen LogP) is 1.30. The third kappa shape index (κ3) is 4.16. The van der Waals surface area contributed by atoms with E-state index in [4.69, 9.17) is 9.84 Å². The van der Waals surface area contributed by atoms with Crippen LogP contribution in [-0.2, 0) is 9.59 Å². The molecule has 0 saturated carbocycles. The van der Waals surface area contributed by atoms with Gasteiger partial charge in [0.25, 0.3) is 5.91 Å². The lowest BCUT2D eigenvalue weighted by atomic mass is 10.2. The topological polar surface area (TPSA) is 110 Å². The van der Waals surface area contributed by atoms with Gasteiger partial charge in [0.15, 0.2) is 12.4 Å². The molecule has 0 aliphatic rings. The van der Waals surface area contributed by atoms with E-state index >= 15 is 0 Å². The summed E-state index contributed by atoms with van der Waals surface area (Å²) in [7, 11) is 1.35. The molecule has 8 heteroatoms. The number of carboxylic acids is 1. The van der Waals surface area contributed by atoms with Gasteiger partial charge in [-0.15, -0.1) is 0 Å². The van der Waals surface area contributed by atoms with Crippen LogP contribution in [0.25, 0.3) is 0 Å². The van der Waals surface area contributed by atoms with Gasteiger partial charge in [-0.05, 0) is 12.5 Å². The Bertz CT molecular complexity index is 545. The molecule has 1 amide bonds. The van der Waals surface area contributed by atoms with E-state index in [-0.39, 0.29) is 17.9 Å². The van der Waals surface area contributed by atoms with Crippen molar-refractivity contribution in [1.29, 1.82) is 0 Å². The van der Waals surface area contributed by atoms with E-state index in [9.17, 15) is 19.7 Å². The average Bonchev–Trinajstić information content (AvgIpc) is 2.45. The molecule has 0 bridgehead atoms. The first-order chi connectivity index (χ1) is 9.88. The minimum atomic E-state index is -1.11. The van der Waals surface area contributed by atoms with Crippen molar-refractivity contribution in [2.45, 2.75) is 19.4 Å². The number of ether oxygens (including phenoxy) is 1. The third-order valence-electron chi connectivity index (χ3n) is 2.95. The van der Waals surface area contributed by atoms with Crippen LogP contribution in [-0.4, -0.2) is 46.5 Å². The first kappa shape index (κ1) is 16.4. The standard InChI is InChI=1S/C13H16N2O6/c1-3-9(13(17)18)14(2)12(16)8-21-11-7-5-4-6-10(11)15(19)20/h4-7,9H,3,8H2,1-2H3,(H,17,18). The predicted molar refractivity (Wildman–Crippen MR) is 73.1 cm³/mol. The zero-order valence-electron chi connectivity index (χ0n) is 11.7. The number of nitro groups is 1. The van der Waals surface area contributed by atoms with Crippen LogP contribution < -0.4 is 4.74 Å². The van der Waals surface area contributed by atoms with Crippen LogP contribution in [0.2, 0.25) is 0 Å². The van der Waals surface area contributed by atoms with Crippen LogP contribution in [0.4, 0.5) is 5.69 Å². The number of likely N-dealkylation sites (N-methyl/N-ethyl adjacent to an activating group) is 1. The molecule has 1 atom stereocenters. The number of amides is 1. The van der Waals surface area contributed by atoms with E-state index < -0.39 is 29.4 Å². The molecule has 0 aromatic heterocycles. The Morgan fingerprint density at radius 3 is 2.57 bits per heavy atom. The van der Waals surface area contributed by atoms with E-state index in [0.717, 1.165) is 4.90 Å². The zero-order chi connectivity index (χ0) is 16.0. The summed E-state index contributed by atoms with van der Waals surface area (Å²) in [6.45, 7) is 1.18. The number of nitro benzene ring substituents is 1. The summed E-state index contributed by atoms with van der Waals surface area (Å²) in [5, 5.41) is 19.8. The maximum Gasteiger partial charge on any atom is 0.326 e. The summed E-state index contributed by atoms with van der Waals surface area (Å²) in [6, 6.07) is 4.71. The van der Waals surface area contributed by atoms with Crippen LogP contribution in [0.1, 0.15) is 13.3 Å². The second-order valence-electron chi connectivity index (χ2n) is 4.28. The molecule has 1 N–H and O–H groups in total. The molecule has 1 aromatic carbocycles. The summed E-state index contributed by atoms with van der Waals surface area (Å²) in [5.41, 5.74) is -0.252. The number of rotatable bonds is 7. The van der Waals surface area contributed by atoms with Gasteiger partial charge in [-0.3, -0.25) is 14.9 Å². The number of aliphatic carboxylic acids is 1. The van der Waals surface area contributed by atoms with Crippen LogP contribution in [0.15, 0.2) is 24.3 Å². The highest BCUT2D eigenvalue weighted by Gasteiger charge is 2.25. The Morgan fingerprint density at radius 1 is 1.43 bits per heavy atom. The highest BCUT2D eigenvalue weighted by molar-refractivity contribution is 5.84. The number of carbonyl (C=O) groups excluding carboxylic acids is 1. The lowest BCUT2D eigenvalue weighted by molar-refractivity contribution is -0.385. The number of hydrogen-bond donors (Lipinski definition) is 1. The van der Waals surface area contributed by atoms with Gasteiger partial charge in [0.05, 0.1) is 4.92 Å². The molecule has 0 fully saturated rings. The highest BCUT2D eigenvalue weighted by atomic mass is 16.6. The fourth-order valence-electron chi connectivity index (χ4n) is 1.76. The first-order valence-corrected chi connectivity index (χ1v) is 6.23. The van der Waals surface area contributed by atoms with E-state index in [1.165, 1.54) is 25.2 Å². The number of hydrogen-bond acceptors (Lipinski definition) is 5. The fraction of sp³-hybridized carbons (Fsp3) is 0.385. The largest absolute Gasteiger partial charge is 0.480 e. The maximum atomic E-state index is 11.9. The van der Waals surface area contributed by atoms with E-state index in [0.29, 0.717) is 0 Å². The summed E-state index contributed by atoms with van der Waals surface area (Å²) in [5.74, 6) is -1.71. The molecule has 21 heavy (non-hydrogen) atoms. The van der Waals surface area contributed by atoms with Gasteiger partial charge in [-0.25, -0.2) is 4.79 Å². The third-order valence-corrected chi connectivity index (χ3v) is 2.95. The van der Waals surface area contributed by atoms with E-state index in [1.54, 1.807) is 13.0 Å².